The molecule has 1 aliphatic heterocycles. The number of halogens is 2. The maximum absolute atomic E-state index is 12.2. The number of nitrogens with one attached hydrogen (secondary N) is 2. The second-order valence-corrected chi connectivity index (χ2v) is 6.89. The monoisotopic (exact) mass is 394 g/mol. The van der Waals surface area contributed by atoms with Gasteiger partial charge in [0.2, 0.25) is 0 Å². The molecular weight excluding hydrogens is 375 g/mol. The van der Waals surface area contributed by atoms with Gasteiger partial charge in [-0.05, 0) is 37.0 Å². The van der Waals surface area contributed by atoms with Crippen LogP contribution in [-0.4, -0.2) is 41.7 Å². The predicted octanol–water partition coefficient (Wildman–Crippen LogP) is 3.35. The van der Waals surface area contributed by atoms with Crippen molar-refractivity contribution in [3.8, 4) is 0 Å². The van der Waals surface area contributed by atoms with Crippen LogP contribution in [0.4, 0.5) is 5.82 Å². The van der Waals surface area contributed by atoms with Crippen LogP contribution < -0.4 is 10.6 Å². The molecule has 1 fully saturated rings. The maximum Gasteiger partial charge on any atom is 0.270 e. The smallest absolute Gasteiger partial charge is 0.270 e. The minimum absolute atomic E-state index is 0.0995. The van der Waals surface area contributed by atoms with Crippen LogP contribution in [0.15, 0.2) is 30.6 Å². The minimum atomic E-state index is -0.230. The highest BCUT2D eigenvalue weighted by Gasteiger charge is 2.17. The Labute approximate surface area is 162 Å². The lowest BCUT2D eigenvalue weighted by Gasteiger charge is -2.11. The number of carbonyl (C=O) groups is 1. The summed E-state index contributed by atoms with van der Waals surface area (Å²) in [6, 6.07) is 7.06. The molecule has 2 N–H and O–H groups in total. The van der Waals surface area contributed by atoms with Gasteiger partial charge in [0.15, 0.2) is 0 Å². The summed E-state index contributed by atoms with van der Waals surface area (Å²) in [7, 11) is 0. The standard InChI is InChI=1S/C18H20Cl2N4O2/c19-13-4-3-12(15(20)8-13)5-6-21-17-9-16(23-11-24-17)18(25)22-10-14-2-1-7-26-14/h3-4,8-9,11,14H,1-2,5-7,10H2,(H,22,25)(H,21,23,24). The molecule has 1 atom stereocenters. The van der Waals surface area contributed by atoms with Crippen LogP contribution >= 0.6 is 23.2 Å². The van der Waals surface area contributed by atoms with Gasteiger partial charge < -0.3 is 15.4 Å². The van der Waals surface area contributed by atoms with Crippen LogP contribution in [0.5, 0.6) is 0 Å². The lowest BCUT2D eigenvalue weighted by molar-refractivity contribution is 0.0853. The molecule has 1 aromatic carbocycles. The third-order valence-corrected chi connectivity index (χ3v) is 4.72. The molecule has 3 rings (SSSR count). The highest BCUT2D eigenvalue weighted by molar-refractivity contribution is 6.35. The molecule has 0 aliphatic carbocycles. The fourth-order valence-electron chi connectivity index (χ4n) is 2.73. The Morgan fingerprint density at radius 1 is 1.27 bits per heavy atom. The van der Waals surface area contributed by atoms with E-state index < -0.39 is 0 Å². The Morgan fingerprint density at radius 2 is 2.15 bits per heavy atom. The summed E-state index contributed by atoms with van der Waals surface area (Å²) >= 11 is 12.1. The first kappa shape index (κ1) is 18.9. The van der Waals surface area contributed by atoms with Crippen LogP contribution in [0, 0.1) is 0 Å². The van der Waals surface area contributed by atoms with E-state index in [0.29, 0.717) is 41.1 Å². The molecule has 1 saturated heterocycles. The van der Waals surface area contributed by atoms with E-state index in [9.17, 15) is 4.79 Å². The quantitative estimate of drug-likeness (QED) is 0.752. The second-order valence-electron chi connectivity index (χ2n) is 6.05. The maximum atomic E-state index is 12.2. The number of hydrogen-bond acceptors (Lipinski definition) is 5. The first-order chi connectivity index (χ1) is 12.6. The van der Waals surface area contributed by atoms with E-state index in [1.54, 1.807) is 12.1 Å². The van der Waals surface area contributed by atoms with E-state index in [2.05, 4.69) is 20.6 Å². The van der Waals surface area contributed by atoms with Gasteiger partial charge in [0.1, 0.15) is 17.8 Å². The van der Waals surface area contributed by atoms with Crippen LogP contribution in [0.3, 0.4) is 0 Å². The number of carbonyl (C=O) groups excluding carboxylic acids is 1. The fourth-order valence-corrected chi connectivity index (χ4v) is 3.23. The minimum Gasteiger partial charge on any atom is -0.376 e. The van der Waals surface area contributed by atoms with Gasteiger partial charge in [-0.3, -0.25) is 4.79 Å². The Balaban J connectivity index is 1.50. The summed E-state index contributed by atoms with van der Waals surface area (Å²) in [5.74, 6) is 0.360. The molecule has 26 heavy (non-hydrogen) atoms. The number of nitrogens with zero attached hydrogens (tertiary/aromatic N) is 2. The van der Waals surface area contributed by atoms with Crippen molar-refractivity contribution in [3.63, 3.8) is 0 Å². The van der Waals surface area contributed by atoms with Crippen molar-refractivity contribution in [1.29, 1.82) is 0 Å². The predicted molar refractivity (Wildman–Crippen MR) is 102 cm³/mol. The van der Waals surface area contributed by atoms with Crippen LogP contribution in [0.1, 0.15) is 28.9 Å². The lowest BCUT2D eigenvalue weighted by atomic mass is 10.1. The molecule has 1 aliphatic rings. The number of anilines is 1. The van der Waals surface area contributed by atoms with Crippen molar-refractivity contribution in [2.75, 3.05) is 25.0 Å². The van der Waals surface area contributed by atoms with Crippen molar-refractivity contribution < 1.29 is 9.53 Å². The molecule has 1 aromatic heterocycles. The summed E-state index contributed by atoms with van der Waals surface area (Å²) in [5, 5.41) is 7.28. The molecule has 0 spiro atoms. The highest BCUT2D eigenvalue weighted by Crippen LogP contribution is 2.21. The zero-order valence-electron chi connectivity index (χ0n) is 14.2. The molecule has 0 radical (unpaired) electrons. The topological polar surface area (TPSA) is 76.1 Å². The van der Waals surface area contributed by atoms with Crippen molar-refractivity contribution in [1.82, 2.24) is 15.3 Å². The molecule has 0 bridgehead atoms. The Hall–Kier alpha value is -1.89. The summed E-state index contributed by atoms with van der Waals surface area (Å²) in [4.78, 5) is 20.4. The third-order valence-electron chi connectivity index (χ3n) is 4.13. The summed E-state index contributed by atoms with van der Waals surface area (Å²) < 4.78 is 5.50. The molecule has 2 heterocycles. The number of benzene rings is 1. The van der Waals surface area contributed by atoms with Gasteiger partial charge in [0.05, 0.1) is 6.10 Å². The Kier molecular flexibility index (Phi) is 6.66. The number of amides is 1. The molecular formula is C18H20Cl2N4O2. The number of ether oxygens (including phenoxy) is 1. The average Bonchev–Trinajstić information content (AvgIpc) is 3.15. The molecule has 0 saturated carbocycles. The van der Waals surface area contributed by atoms with Crippen LogP contribution in [0.2, 0.25) is 10.0 Å². The first-order valence-electron chi connectivity index (χ1n) is 8.51. The van der Waals surface area contributed by atoms with E-state index in [1.807, 2.05) is 12.1 Å². The molecule has 8 heteroatoms. The van der Waals surface area contributed by atoms with Gasteiger partial charge in [-0.25, -0.2) is 9.97 Å². The molecule has 1 unspecified atom stereocenters. The van der Waals surface area contributed by atoms with E-state index in [4.69, 9.17) is 27.9 Å². The van der Waals surface area contributed by atoms with Crippen molar-refractivity contribution >= 4 is 34.9 Å². The first-order valence-corrected chi connectivity index (χ1v) is 9.27. The lowest BCUT2D eigenvalue weighted by Crippen LogP contribution is -2.32. The van der Waals surface area contributed by atoms with E-state index >= 15 is 0 Å². The van der Waals surface area contributed by atoms with E-state index in [1.165, 1.54) is 6.33 Å². The highest BCUT2D eigenvalue weighted by atomic mass is 35.5. The Morgan fingerprint density at radius 3 is 2.92 bits per heavy atom. The largest absolute Gasteiger partial charge is 0.376 e. The second kappa shape index (κ2) is 9.16. The van der Waals surface area contributed by atoms with Crippen molar-refractivity contribution in [3.05, 3.63) is 51.9 Å². The number of hydrogen-bond donors (Lipinski definition) is 2. The van der Waals surface area contributed by atoms with Crippen LogP contribution in [-0.2, 0) is 11.2 Å². The zero-order chi connectivity index (χ0) is 18.4. The number of aromatic nitrogens is 2. The summed E-state index contributed by atoms with van der Waals surface area (Å²) in [5.41, 5.74) is 1.32. The number of rotatable bonds is 7. The van der Waals surface area contributed by atoms with E-state index in [0.717, 1.165) is 25.0 Å². The molecule has 2 aromatic rings. The van der Waals surface area contributed by atoms with Gasteiger partial charge in [0, 0.05) is 35.8 Å². The average molecular weight is 395 g/mol. The van der Waals surface area contributed by atoms with Gasteiger partial charge in [-0.15, -0.1) is 0 Å². The van der Waals surface area contributed by atoms with Gasteiger partial charge >= 0.3 is 0 Å². The third kappa shape index (κ3) is 5.30. The van der Waals surface area contributed by atoms with E-state index in [-0.39, 0.29) is 12.0 Å². The van der Waals surface area contributed by atoms with Gasteiger partial charge in [-0.2, -0.15) is 0 Å². The summed E-state index contributed by atoms with van der Waals surface area (Å²) in [6.07, 6.45) is 4.20. The van der Waals surface area contributed by atoms with Crippen molar-refractivity contribution in [2.45, 2.75) is 25.4 Å². The molecule has 6 nitrogen and oxygen atoms in total. The Bertz CT molecular complexity index is 767. The normalized spacial score (nSPS) is 16.5. The van der Waals surface area contributed by atoms with Crippen LogP contribution in [0.25, 0.3) is 0 Å². The SMILES string of the molecule is O=C(NCC1CCCO1)c1cc(NCCc2ccc(Cl)cc2Cl)ncn1. The van der Waals surface area contributed by atoms with Gasteiger partial charge in [-0.1, -0.05) is 29.3 Å². The molecule has 138 valence electrons. The van der Waals surface area contributed by atoms with Gasteiger partial charge in [0.25, 0.3) is 5.91 Å². The summed E-state index contributed by atoms with van der Waals surface area (Å²) in [6.45, 7) is 1.88. The van der Waals surface area contributed by atoms with Crippen molar-refractivity contribution in [2.24, 2.45) is 0 Å². The zero-order valence-corrected chi connectivity index (χ0v) is 15.7. The molecule has 1 amide bonds. The fraction of sp³-hybridized carbons (Fsp3) is 0.389.